The normalized spacial score (nSPS) is 11.9. The third-order valence-corrected chi connectivity index (χ3v) is 5.43. The summed E-state index contributed by atoms with van der Waals surface area (Å²) in [4.78, 5) is 25.4. The molecule has 0 aliphatic heterocycles. The Labute approximate surface area is 148 Å². The van der Waals surface area contributed by atoms with Gasteiger partial charge >= 0.3 is 10.1 Å². The maximum Gasteiger partial charge on any atom is 0.357 e. The average molecular weight is 367 g/mol. The van der Waals surface area contributed by atoms with Crippen LogP contribution in [0.3, 0.4) is 0 Å². The second-order valence-corrected chi connectivity index (χ2v) is 7.48. The highest BCUT2D eigenvalue weighted by Gasteiger charge is 2.21. The molecule has 0 unspecified atom stereocenters. The van der Waals surface area contributed by atoms with Gasteiger partial charge in [-0.3, -0.25) is 13.9 Å². The Morgan fingerprint density at radius 3 is 1.69 bits per heavy atom. The van der Waals surface area contributed by atoms with E-state index in [1.165, 1.54) is 24.3 Å². The first-order valence-corrected chi connectivity index (χ1v) is 9.21. The van der Waals surface area contributed by atoms with Crippen molar-refractivity contribution in [2.75, 3.05) is 0 Å². The van der Waals surface area contributed by atoms with Crippen LogP contribution in [-0.2, 0) is 10.1 Å². The van der Waals surface area contributed by atoms with Gasteiger partial charge in [0.1, 0.15) is 4.90 Å². The molecule has 0 aliphatic rings. The van der Waals surface area contributed by atoms with E-state index in [2.05, 4.69) is 0 Å². The molecule has 0 fully saturated rings. The summed E-state index contributed by atoms with van der Waals surface area (Å²) in [6.45, 7) is 1.81. The van der Waals surface area contributed by atoms with Gasteiger partial charge in [-0.05, 0) is 42.0 Å². The quantitative estimate of drug-likeness (QED) is 0.554. The number of hydrogen-bond donors (Lipinski definition) is 0. The molecular weight excluding hydrogens is 354 g/mol. The molecule has 4 rings (SSSR count). The highest BCUT2D eigenvalue weighted by atomic mass is 32.2. The molecule has 0 amide bonds. The van der Waals surface area contributed by atoms with Crippen LogP contribution < -0.4 is 15.4 Å². The molecule has 0 saturated heterocycles. The first kappa shape index (κ1) is 16.3. The minimum atomic E-state index is -4.35. The Kier molecular flexibility index (Phi) is 3.55. The van der Waals surface area contributed by atoms with Crippen LogP contribution in [0.1, 0.15) is 5.56 Å². The molecule has 0 saturated carbocycles. The molecule has 0 spiro atoms. The van der Waals surface area contributed by atoms with Crippen molar-refractivity contribution in [2.24, 2.45) is 0 Å². The first-order chi connectivity index (χ1) is 12.4. The molecule has 6 nitrogen and oxygen atoms in total. The standard InChI is InChI=1S/C19H13NO5S/c1-12-8-10-13(11-9-12)26(23,24)25-20-18(21)16-6-2-4-14-15(16)5-3-7-17(14)19(20)22/h2-11H,1H3. The zero-order chi connectivity index (χ0) is 18.5. The summed E-state index contributed by atoms with van der Waals surface area (Å²) in [5.74, 6) is 0. The third-order valence-electron chi connectivity index (χ3n) is 4.23. The van der Waals surface area contributed by atoms with Gasteiger partial charge in [0.05, 0.1) is 10.8 Å². The van der Waals surface area contributed by atoms with Gasteiger partial charge < -0.3 is 0 Å². The molecule has 1 heterocycles. The molecule has 4 aromatic rings. The summed E-state index contributed by atoms with van der Waals surface area (Å²) in [5, 5.41) is 1.55. The summed E-state index contributed by atoms with van der Waals surface area (Å²) in [6.07, 6.45) is 0. The van der Waals surface area contributed by atoms with Gasteiger partial charge in [-0.2, -0.15) is 8.42 Å². The second-order valence-electron chi connectivity index (χ2n) is 5.95. The lowest BCUT2D eigenvalue weighted by atomic mass is 10.1. The molecule has 0 radical (unpaired) electrons. The molecule has 0 N–H and O–H groups in total. The van der Waals surface area contributed by atoms with Gasteiger partial charge in [0.25, 0.3) is 11.1 Å². The SMILES string of the molecule is Cc1ccc(S(=O)(=O)On2c(=O)c3cccc4c(cccc34)c2=O)cc1. The molecule has 0 aliphatic carbocycles. The molecule has 130 valence electrons. The van der Waals surface area contributed by atoms with E-state index in [4.69, 9.17) is 4.28 Å². The summed E-state index contributed by atoms with van der Waals surface area (Å²) < 4.78 is 30.4. The van der Waals surface area contributed by atoms with Crippen molar-refractivity contribution in [3.63, 3.8) is 0 Å². The lowest BCUT2D eigenvalue weighted by Gasteiger charge is -2.06. The van der Waals surface area contributed by atoms with Gasteiger partial charge in [-0.1, -0.05) is 46.7 Å². The van der Waals surface area contributed by atoms with E-state index < -0.39 is 21.2 Å². The van der Waals surface area contributed by atoms with E-state index >= 15 is 0 Å². The van der Waals surface area contributed by atoms with Gasteiger partial charge in [-0.25, -0.2) is 0 Å². The van der Waals surface area contributed by atoms with E-state index in [0.29, 0.717) is 15.5 Å². The average Bonchev–Trinajstić information content (AvgIpc) is 2.67. The molecular formula is C19H13NO5S. The summed E-state index contributed by atoms with van der Waals surface area (Å²) >= 11 is 0. The summed E-state index contributed by atoms with van der Waals surface area (Å²) in [5.41, 5.74) is -0.774. The highest BCUT2D eigenvalue weighted by Crippen LogP contribution is 2.21. The Morgan fingerprint density at radius 2 is 1.19 bits per heavy atom. The number of rotatable bonds is 3. The fourth-order valence-electron chi connectivity index (χ4n) is 2.91. The van der Waals surface area contributed by atoms with Crippen LogP contribution >= 0.6 is 0 Å². The second kappa shape index (κ2) is 5.67. The maximum absolute atomic E-state index is 12.8. The van der Waals surface area contributed by atoms with Gasteiger partial charge in [-0.15, -0.1) is 0 Å². The topological polar surface area (TPSA) is 82.4 Å². The van der Waals surface area contributed by atoms with Crippen molar-refractivity contribution in [2.45, 2.75) is 11.8 Å². The summed E-state index contributed by atoms with van der Waals surface area (Å²) in [7, 11) is -4.35. The molecule has 0 atom stereocenters. The highest BCUT2D eigenvalue weighted by molar-refractivity contribution is 7.87. The van der Waals surface area contributed by atoms with Crippen LogP contribution in [0.2, 0.25) is 0 Å². The zero-order valence-corrected chi connectivity index (χ0v) is 14.5. The van der Waals surface area contributed by atoms with Crippen molar-refractivity contribution < 1.29 is 12.7 Å². The smallest absolute Gasteiger partial charge is 0.277 e. The molecule has 7 heteroatoms. The number of benzene rings is 3. The van der Waals surface area contributed by atoms with Crippen LogP contribution in [0, 0.1) is 6.92 Å². The third kappa shape index (κ3) is 2.44. The van der Waals surface area contributed by atoms with Crippen molar-refractivity contribution in [3.05, 3.63) is 86.9 Å². The zero-order valence-electron chi connectivity index (χ0n) is 13.7. The van der Waals surface area contributed by atoms with Crippen LogP contribution in [0.25, 0.3) is 21.5 Å². The largest absolute Gasteiger partial charge is 0.357 e. The number of aromatic nitrogens is 1. The lowest BCUT2D eigenvalue weighted by Crippen LogP contribution is -2.38. The predicted molar refractivity (Wildman–Crippen MR) is 98.1 cm³/mol. The van der Waals surface area contributed by atoms with Crippen molar-refractivity contribution in [3.8, 4) is 0 Å². The molecule has 26 heavy (non-hydrogen) atoms. The molecule has 3 aromatic carbocycles. The van der Waals surface area contributed by atoms with Gasteiger partial charge in [0.15, 0.2) is 0 Å². The number of hydrogen-bond acceptors (Lipinski definition) is 5. The fraction of sp³-hybridized carbons (Fsp3) is 0.0526. The molecule has 1 aromatic heterocycles. The van der Waals surface area contributed by atoms with E-state index in [9.17, 15) is 18.0 Å². The van der Waals surface area contributed by atoms with Crippen molar-refractivity contribution in [1.29, 1.82) is 0 Å². The number of aryl methyl sites for hydroxylation is 1. The van der Waals surface area contributed by atoms with Gasteiger partial charge in [0, 0.05) is 0 Å². The van der Waals surface area contributed by atoms with Crippen molar-refractivity contribution >= 4 is 31.7 Å². The Balaban J connectivity index is 2.02. The first-order valence-electron chi connectivity index (χ1n) is 7.80. The monoisotopic (exact) mass is 367 g/mol. The minimum absolute atomic E-state index is 0.140. The number of nitrogens with zero attached hydrogens (tertiary/aromatic N) is 1. The Morgan fingerprint density at radius 1 is 0.731 bits per heavy atom. The fourth-order valence-corrected chi connectivity index (χ4v) is 3.79. The van der Waals surface area contributed by atoms with Crippen molar-refractivity contribution in [1.82, 2.24) is 4.73 Å². The van der Waals surface area contributed by atoms with Crippen LogP contribution in [0.5, 0.6) is 0 Å². The lowest BCUT2D eigenvalue weighted by molar-refractivity contribution is 0.261. The minimum Gasteiger partial charge on any atom is -0.277 e. The van der Waals surface area contributed by atoms with E-state index in [-0.39, 0.29) is 15.7 Å². The van der Waals surface area contributed by atoms with Crippen LogP contribution in [0.4, 0.5) is 0 Å². The van der Waals surface area contributed by atoms with E-state index in [0.717, 1.165) is 5.56 Å². The Hall–Kier alpha value is -3.19. The summed E-state index contributed by atoms with van der Waals surface area (Å²) in [6, 6.07) is 15.7. The van der Waals surface area contributed by atoms with E-state index in [1.807, 2.05) is 6.92 Å². The molecule has 4 bridgehead atoms. The maximum atomic E-state index is 12.8. The van der Waals surface area contributed by atoms with Crippen LogP contribution in [-0.4, -0.2) is 13.1 Å². The van der Waals surface area contributed by atoms with E-state index in [1.54, 1.807) is 36.4 Å². The van der Waals surface area contributed by atoms with Gasteiger partial charge in [0.2, 0.25) is 0 Å². The van der Waals surface area contributed by atoms with Crippen LogP contribution in [0.15, 0.2) is 75.1 Å². The Bertz CT molecular complexity index is 1290. The predicted octanol–water partition coefficient (Wildman–Crippen LogP) is 2.08.